The van der Waals surface area contributed by atoms with Crippen LogP contribution in [0.3, 0.4) is 0 Å². The second-order valence-corrected chi connectivity index (χ2v) is 5.11. The molecular weight excluding hydrogens is 252 g/mol. The number of aromatic hydroxyl groups is 1. The minimum absolute atomic E-state index is 0.0744. The van der Waals surface area contributed by atoms with E-state index in [1.165, 1.54) is 12.1 Å². The molecule has 1 aromatic carbocycles. The monoisotopic (exact) mass is 279 g/mol. The largest absolute Gasteiger partial charge is 0.508 e. The van der Waals surface area contributed by atoms with Crippen LogP contribution in [0.2, 0.25) is 0 Å². The predicted octanol–water partition coefficient (Wildman–Crippen LogP) is 2.73. The molecule has 20 heavy (non-hydrogen) atoms. The van der Waals surface area contributed by atoms with E-state index < -0.39 is 0 Å². The van der Waals surface area contributed by atoms with Gasteiger partial charge in [-0.05, 0) is 45.0 Å². The summed E-state index contributed by atoms with van der Waals surface area (Å²) in [6.45, 7) is 11.6. The molecule has 1 amide bonds. The topological polar surface area (TPSA) is 49.3 Å². The van der Waals surface area contributed by atoms with Gasteiger partial charge in [-0.25, -0.2) is 0 Å². The standard InChI is InChI=1S/C16H26N2O2/c1-5-15(18(6-2,7-3)8-4)17-16(20)13-9-11-14(19)12-10-13/h9-12,15H,5-8H2,1-4H3,(H-,17,19,20)/p+1. The Bertz CT molecular complexity index is 416. The third kappa shape index (κ3) is 3.51. The molecule has 112 valence electrons. The second kappa shape index (κ2) is 7.29. The minimum atomic E-state index is -0.0744. The molecule has 0 saturated carbocycles. The van der Waals surface area contributed by atoms with Crippen LogP contribution in [0.1, 0.15) is 44.5 Å². The molecule has 0 aliphatic rings. The summed E-state index contributed by atoms with van der Waals surface area (Å²) in [5.41, 5.74) is 0.586. The highest BCUT2D eigenvalue weighted by Crippen LogP contribution is 2.16. The van der Waals surface area contributed by atoms with Gasteiger partial charge in [0.05, 0.1) is 19.6 Å². The minimum Gasteiger partial charge on any atom is -0.508 e. The van der Waals surface area contributed by atoms with Crippen LogP contribution in [0.25, 0.3) is 0 Å². The highest BCUT2D eigenvalue weighted by Gasteiger charge is 2.32. The molecule has 0 saturated heterocycles. The van der Waals surface area contributed by atoms with Gasteiger partial charge in [-0.3, -0.25) is 4.79 Å². The van der Waals surface area contributed by atoms with Crippen LogP contribution in [0.5, 0.6) is 5.75 Å². The van der Waals surface area contributed by atoms with Crippen LogP contribution < -0.4 is 5.32 Å². The van der Waals surface area contributed by atoms with E-state index in [4.69, 9.17) is 0 Å². The number of amides is 1. The van der Waals surface area contributed by atoms with Gasteiger partial charge in [0.25, 0.3) is 5.91 Å². The third-order valence-corrected chi connectivity index (χ3v) is 4.36. The van der Waals surface area contributed by atoms with Crippen molar-refractivity contribution in [2.45, 2.75) is 40.3 Å². The predicted molar refractivity (Wildman–Crippen MR) is 81.5 cm³/mol. The fraction of sp³-hybridized carbons (Fsp3) is 0.562. The zero-order valence-corrected chi connectivity index (χ0v) is 13.0. The van der Waals surface area contributed by atoms with E-state index in [9.17, 15) is 9.90 Å². The summed E-state index contributed by atoms with van der Waals surface area (Å²) in [6, 6.07) is 6.38. The molecule has 0 heterocycles. The van der Waals surface area contributed by atoms with Gasteiger partial charge in [-0.1, -0.05) is 6.92 Å². The van der Waals surface area contributed by atoms with Crippen molar-refractivity contribution in [2.24, 2.45) is 0 Å². The summed E-state index contributed by atoms with van der Waals surface area (Å²) in [5, 5.41) is 12.4. The van der Waals surface area contributed by atoms with Gasteiger partial charge in [0.15, 0.2) is 6.17 Å². The number of hydrogen-bond acceptors (Lipinski definition) is 2. The quantitative estimate of drug-likeness (QED) is 0.595. The second-order valence-electron chi connectivity index (χ2n) is 5.11. The van der Waals surface area contributed by atoms with Crippen molar-refractivity contribution in [1.29, 1.82) is 0 Å². The van der Waals surface area contributed by atoms with Crippen LogP contribution in [-0.4, -0.2) is 41.3 Å². The molecule has 0 aliphatic carbocycles. The molecular formula is C16H27N2O2+. The number of phenols is 1. The molecule has 1 unspecified atom stereocenters. The van der Waals surface area contributed by atoms with Crippen molar-refractivity contribution in [3.05, 3.63) is 29.8 Å². The van der Waals surface area contributed by atoms with Crippen LogP contribution in [-0.2, 0) is 0 Å². The number of carbonyl (C=O) groups is 1. The maximum atomic E-state index is 12.3. The number of nitrogens with zero attached hydrogens (tertiary/aromatic N) is 1. The molecule has 0 radical (unpaired) electrons. The van der Waals surface area contributed by atoms with Gasteiger partial charge < -0.3 is 14.9 Å². The number of phenolic OH excluding ortho intramolecular Hbond substituents is 1. The normalized spacial score (nSPS) is 13.0. The van der Waals surface area contributed by atoms with Crippen molar-refractivity contribution in [3.8, 4) is 5.75 Å². The zero-order chi connectivity index (χ0) is 15.2. The lowest BCUT2D eigenvalue weighted by atomic mass is 10.1. The summed E-state index contributed by atoms with van der Waals surface area (Å²) >= 11 is 0. The highest BCUT2D eigenvalue weighted by molar-refractivity contribution is 5.94. The Hall–Kier alpha value is -1.55. The van der Waals surface area contributed by atoms with E-state index in [1.807, 2.05) is 0 Å². The van der Waals surface area contributed by atoms with Crippen molar-refractivity contribution in [1.82, 2.24) is 5.32 Å². The smallest absolute Gasteiger partial charge is 0.255 e. The molecule has 0 aromatic heterocycles. The van der Waals surface area contributed by atoms with Crippen molar-refractivity contribution < 1.29 is 14.4 Å². The molecule has 0 bridgehead atoms. The van der Waals surface area contributed by atoms with Gasteiger partial charge in [0.1, 0.15) is 5.75 Å². The molecule has 1 atom stereocenters. The summed E-state index contributed by atoms with van der Waals surface area (Å²) in [4.78, 5) is 12.3. The number of quaternary nitrogens is 1. The van der Waals surface area contributed by atoms with Crippen molar-refractivity contribution >= 4 is 5.91 Å². The van der Waals surface area contributed by atoms with Crippen molar-refractivity contribution in [2.75, 3.05) is 19.6 Å². The van der Waals surface area contributed by atoms with Gasteiger partial charge in [0.2, 0.25) is 0 Å². The van der Waals surface area contributed by atoms with Gasteiger partial charge in [-0.15, -0.1) is 0 Å². The molecule has 1 rings (SSSR count). The molecule has 4 nitrogen and oxygen atoms in total. The first-order valence-electron chi connectivity index (χ1n) is 7.48. The first-order valence-corrected chi connectivity index (χ1v) is 7.48. The number of hydrogen-bond donors (Lipinski definition) is 2. The Kier molecular flexibility index (Phi) is 6.02. The van der Waals surface area contributed by atoms with E-state index >= 15 is 0 Å². The molecule has 2 N–H and O–H groups in total. The summed E-state index contributed by atoms with van der Waals surface area (Å²) in [6.07, 6.45) is 1.02. The third-order valence-electron chi connectivity index (χ3n) is 4.36. The SMILES string of the molecule is CCC(NC(=O)c1ccc(O)cc1)[N+](CC)(CC)CC. The van der Waals surface area contributed by atoms with Gasteiger partial charge >= 0.3 is 0 Å². The van der Waals surface area contributed by atoms with Crippen LogP contribution in [0.4, 0.5) is 0 Å². The first kappa shape index (κ1) is 16.5. The Morgan fingerprint density at radius 2 is 1.60 bits per heavy atom. The number of benzene rings is 1. The zero-order valence-electron chi connectivity index (χ0n) is 13.0. The Balaban J connectivity index is 2.87. The van der Waals surface area contributed by atoms with Gasteiger partial charge in [-0.2, -0.15) is 0 Å². The lowest BCUT2D eigenvalue weighted by Gasteiger charge is -2.42. The number of nitrogens with one attached hydrogen (secondary N) is 1. The van der Waals surface area contributed by atoms with E-state index in [1.54, 1.807) is 12.1 Å². The molecule has 0 spiro atoms. The number of rotatable bonds is 7. The lowest BCUT2D eigenvalue weighted by molar-refractivity contribution is -0.948. The highest BCUT2D eigenvalue weighted by atomic mass is 16.3. The Morgan fingerprint density at radius 3 is 2.00 bits per heavy atom. The van der Waals surface area contributed by atoms with Crippen LogP contribution in [0, 0.1) is 0 Å². The summed E-state index contributed by atoms with van der Waals surface area (Å²) in [7, 11) is 0. The maximum absolute atomic E-state index is 12.3. The lowest BCUT2D eigenvalue weighted by Crippen LogP contribution is -2.61. The molecule has 0 aliphatic heterocycles. The molecule has 0 fully saturated rings. The average molecular weight is 279 g/mol. The van der Waals surface area contributed by atoms with E-state index in [-0.39, 0.29) is 17.8 Å². The molecule has 1 aromatic rings. The first-order chi connectivity index (χ1) is 9.52. The maximum Gasteiger partial charge on any atom is 0.255 e. The fourth-order valence-corrected chi connectivity index (χ4v) is 2.81. The Morgan fingerprint density at radius 1 is 1.10 bits per heavy atom. The average Bonchev–Trinajstić information content (AvgIpc) is 2.48. The fourth-order valence-electron chi connectivity index (χ4n) is 2.81. The van der Waals surface area contributed by atoms with E-state index in [0.717, 1.165) is 30.5 Å². The van der Waals surface area contributed by atoms with Gasteiger partial charge in [0, 0.05) is 12.0 Å². The van der Waals surface area contributed by atoms with Crippen LogP contribution >= 0.6 is 0 Å². The summed E-state index contributed by atoms with van der Waals surface area (Å²) < 4.78 is 0.889. The van der Waals surface area contributed by atoms with Crippen LogP contribution in [0.15, 0.2) is 24.3 Å². The summed E-state index contributed by atoms with van der Waals surface area (Å²) in [5.74, 6) is 0.101. The van der Waals surface area contributed by atoms with E-state index in [2.05, 4.69) is 33.0 Å². The van der Waals surface area contributed by atoms with Crippen molar-refractivity contribution in [3.63, 3.8) is 0 Å². The number of carbonyl (C=O) groups excluding carboxylic acids is 1. The molecule has 4 heteroatoms. The van der Waals surface area contributed by atoms with E-state index in [0.29, 0.717) is 5.56 Å². The Labute approximate surface area is 122 Å².